The van der Waals surface area contributed by atoms with Gasteiger partial charge in [-0.3, -0.25) is 10.2 Å². The van der Waals surface area contributed by atoms with Gasteiger partial charge in [-0.05, 0) is 44.0 Å². The second-order valence-electron chi connectivity index (χ2n) is 3.64. The van der Waals surface area contributed by atoms with Gasteiger partial charge in [0.15, 0.2) is 6.10 Å². The zero-order chi connectivity index (χ0) is 12.3. The van der Waals surface area contributed by atoms with Crippen LogP contribution in [0.5, 0.6) is 5.75 Å². The predicted molar refractivity (Wildman–Crippen MR) is 63.3 cm³/mol. The number of nitrogens with two attached hydrogens (primary N) is 1. The number of hydrogen-bond acceptors (Lipinski definition) is 3. The number of hydrogen-bond donors (Lipinski definition) is 2. The molecule has 0 spiro atoms. The monoisotopic (exact) mass is 242 g/mol. The molecule has 1 amide bonds. The minimum atomic E-state index is -0.636. The summed E-state index contributed by atoms with van der Waals surface area (Å²) in [5, 5.41) is 0.651. The number of carbonyl (C=O) groups excluding carboxylic acids is 1. The summed E-state index contributed by atoms with van der Waals surface area (Å²) < 4.78 is 5.53. The van der Waals surface area contributed by atoms with Crippen LogP contribution in [-0.4, -0.2) is 12.0 Å². The smallest absolute Gasteiger partial charge is 0.274 e. The zero-order valence-corrected chi connectivity index (χ0v) is 10.3. The third-order valence-electron chi connectivity index (χ3n) is 2.23. The Morgan fingerprint density at radius 2 is 1.94 bits per heavy atom. The standard InChI is InChI=1S/C11H15ClN2O2/c1-6-4-9(12)5-7(2)10(6)16-8(3)11(15)14-13/h4-5,8H,13H2,1-3H3,(H,14,15)/t8-/m1/s1. The molecule has 1 aromatic rings. The molecule has 5 heteroatoms. The predicted octanol–water partition coefficient (Wildman–Crippen LogP) is 1.71. The van der Waals surface area contributed by atoms with Crippen molar-refractivity contribution < 1.29 is 9.53 Å². The van der Waals surface area contributed by atoms with Gasteiger partial charge in [-0.1, -0.05) is 11.6 Å². The Bertz CT molecular complexity index is 384. The molecule has 0 saturated heterocycles. The Morgan fingerprint density at radius 3 is 2.38 bits per heavy atom. The van der Waals surface area contributed by atoms with Gasteiger partial charge in [-0.15, -0.1) is 0 Å². The summed E-state index contributed by atoms with van der Waals surface area (Å²) >= 11 is 5.89. The number of aryl methyl sites for hydroxylation is 2. The van der Waals surface area contributed by atoms with E-state index in [9.17, 15) is 4.79 Å². The topological polar surface area (TPSA) is 64.3 Å². The van der Waals surface area contributed by atoms with Crippen molar-refractivity contribution in [2.75, 3.05) is 0 Å². The molecule has 0 bridgehead atoms. The fourth-order valence-electron chi connectivity index (χ4n) is 1.43. The van der Waals surface area contributed by atoms with Gasteiger partial charge >= 0.3 is 0 Å². The van der Waals surface area contributed by atoms with E-state index in [2.05, 4.69) is 0 Å². The lowest BCUT2D eigenvalue weighted by atomic mass is 10.1. The fraction of sp³-hybridized carbons (Fsp3) is 0.364. The second-order valence-corrected chi connectivity index (χ2v) is 4.07. The van der Waals surface area contributed by atoms with Crippen LogP contribution in [0.15, 0.2) is 12.1 Å². The largest absolute Gasteiger partial charge is 0.480 e. The highest BCUT2D eigenvalue weighted by Crippen LogP contribution is 2.27. The van der Waals surface area contributed by atoms with Crippen LogP contribution in [0.4, 0.5) is 0 Å². The van der Waals surface area contributed by atoms with Gasteiger partial charge < -0.3 is 4.74 Å². The van der Waals surface area contributed by atoms with Crippen molar-refractivity contribution in [3.8, 4) is 5.75 Å². The van der Waals surface area contributed by atoms with Gasteiger partial charge in [-0.2, -0.15) is 0 Å². The van der Waals surface area contributed by atoms with E-state index in [1.807, 2.05) is 19.3 Å². The molecule has 0 aliphatic rings. The van der Waals surface area contributed by atoms with Gasteiger partial charge in [0.1, 0.15) is 5.75 Å². The van der Waals surface area contributed by atoms with Crippen molar-refractivity contribution in [3.05, 3.63) is 28.3 Å². The van der Waals surface area contributed by atoms with Crippen LogP contribution in [0.3, 0.4) is 0 Å². The molecule has 1 rings (SSSR count). The number of nitrogens with one attached hydrogen (secondary N) is 1. The fourth-order valence-corrected chi connectivity index (χ4v) is 1.76. The van der Waals surface area contributed by atoms with Gasteiger partial charge in [0, 0.05) is 5.02 Å². The van der Waals surface area contributed by atoms with Crippen molar-refractivity contribution in [2.45, 2.75) is 26.9 Å². The molecular weight excluding hydrogens is 228 g/mol. The number of rotatable bonds is 3. The number of halogens is 1. The van der Waals surface area contributed by atoms with Crippen LogP contribution < -0.4 is 16.0 Å². The summed E-state index contributed by atoms with van der Waals surface area (Å²) in [6, 6.07) is 3.58. The van der Waals surface area contributed by atoms with E-state index in [1.165, 1.54) is 0 Å². The first-order valence-corrected chi connectivity index (χ1v) is 5.27. The zero-order valence-electron chi connectivity index (χ0n) is 9.50. The maximum Gasteiger partial charge on any atom is 0.274 e. The molecule has 0 heterocycles. The molecule has 0 radical (unpaired) electrons. The Morgan fingerprint density at radius 1 is 1.44 bits per heavy atom. The Balaban J connectivity index is 2.93. The van der Waals surface area contributed by atoms with Crippen LogP contribution in [0.25, 0.3) is 0 Å². The first-order chi connectivity index (χ1) is 7.45. The molecule has 4 nitrogen and oxygen atoms in total. The Labute approximate surface area is 99.7 Å². The van der Waals surface area contributed by atoms with E-state index in [0.717, 1.165) is 11.1 Å². The van der Waals surface area contributed by atoms with Gasteiger partial charge in [0.25, 0.3) is 5.91 Å². The first kappa shape index (κ1) is 12.8. The third-order valence-corrected chi connectivity index (χ3v) is 2.45. The molecule has 0 unspecified atom stereocenters. The summed E-state index contributed by atoms with van der Waals surface area (Å²) in [5.74, 6) is 5.33. The molecular formula is C11H15ClN2O2. The van der Waals surface area contributed by atoms with E-state index in [1.54, 1.807) is 19.1 Å². The molecule has 3 N–H and O–H groups in total. The van der Waals surface area contributed by atoms with Crippen molar-refractivity contribution >= 4 is 17.5 Å². The Kier molecular flexibility index (Phi) is 4.15. The number of ether oxygens (including phenoxy) is 1. The van der Waals surface area contributed by atoms with Crippen LogP contribution >= 0.6 is 11.6 Å². The average Bonchev–Trinajstić information content (AvgIpc) is 2.21. The van der Waals surface area contributed by atoms with E-state index in [0.29, 0.717) is 10.8 Å². The molecule has 88 valence electrons. The third kappa shape index (κ3) is 2.87. The highest BCUT2D eigenvalue weighted by molar-refractivity contribution is 6.30. The quantitative estimate of drug-likeness (QED) is 0.482. The molecule has 1 atom stereocenters. The van der Waals surface area contributed by atoms with Crippen molar-refractivity contribution in [1.29, 1.82) is 0 Å². The van der Waals surface area contributed by atoms with E-state index in [4.69, 9.17) is 22.2 Å². The lowest BCUT2D eigenvalue weighted by Crippen LogP contribution is -2.40. The maximum atomic E-state index is 11.2. The Hall–Kier alpha value is -1.26. The number of carbonyl (C=O) groups is 1. The normalized spacial score (nSPS) is 12.1. The highest BCUT2D eigenvalue weighted by Gasteiger charge is 2.15. The van der Waals surface area contributed by atoms with Crippen molar-refractivity contribution in [1.82, 2.24) is 5.43 Å². The summed E-state index contributed by atoms with van der Waals surface area (Å²) in [4.78, 5) is 11.2. The summed E-state index contributed by atoms with van der Waals surface area (Å²) in [5.41, 5.74) is 3.83. The van der Waals surface area contributed by atoms with E-state index >= 15 is 0 Å². The summed E-state index contributed by atoms with van der Waals surface area (Å²) in [6.45, 7) is 5.39. The maximum absolute atomic E-state index is 11.2. The second kappa shape index (κ2) is 5.18. The lowest BCUT2D eigenvalue weighted by Gasteiger charge is -2.17. The molecule has 16 heavy (non-hydrogen) atoms. The molecule has 0 fully saturated rings. The van der Waals surface area contributed by atoms with Gasteiger partial charge in [-0.25, -0.2) is 5.84 Å². The average molecular weight is 243 g/mol. The number of amides is 1. The van der Waals surface area contributed by atoms with E-state index in [-0.39, 0.29) is 5.91 Å². The molecule has 0 aromatic heterocycles. The molecule has 0 aliphatic heterocycles. The van der Waals surface area contributed by atoms with Crippen LogP contribution in [0.1, 0.15) is 18.1 Å². The SMILES string of the molecule is Cc1cc(Cl)cc(C)c1O[C@H](C)C(=O)NN. The number of benzene rings is 1. The lowest BCUT2D eigenvalue weighted by molar-refractivity contribution is -0.127. The van der Waals surface area contributed by atoms with E-state index < -0.39 is 6.10 Å². The minimum absolute atomic E-state index is 0.367. The van der Waals surface area contributed by atoms with Crippen LogP contribution in [0.2, 0.25) is 5.02 Å². The van der Waals surface area contributed by atoms with Crippen LogP contribution in [0, 0.1) is 13.8 Å². The van der Waals surface area contributed by atoms with Crippen LogP contribution in [-0.2, 0) is 4.79 Å². The van der Waals surface area contributed by atoms with Gasteiger partial charge in [0.05, 0.1) is 0 Å². The van der Waals surface area contributed by atoms with Crippen molar-refractivity contribution in [3.63, 3.8) is 0 Å². The number of hydrazine groups is 1. The van der Waals surface area contributed by atoms with Crippen molar-refractivity contribution in [2.24, 2.45) is 5.84 Å². The molecule has 0 saturated carbocycles. The summed E-state index contributed by atoms with van der Waals surface area (Å²) in [7, 11) is 0. The first-order valence-electron chi connectivity index (χ1n) is 4.89. The summed E-state index contributed by atoms with van der Waals surface area (Å²) in [6.07, 6.45) is -0.636. The molecule has 0 aliphatic carbocycles. The minimum Gasteiger partial charge on any atom is -0.480 e. The molecule has 1 aromatic carbocycles. The highest BCUT2D eigenvalue weighted by atomic mass is 35.5. The van der Waals surface area contributed by atoms with Gasteiger partial charge in [0.2, 0.25) is 0 Å².